The highest BCUT2D eigenvalue weighted by Crippen LogP contribution is 2.34. The summed E-state index contributed by atoms with van der Waals surface area (Å²) in [5.74, 6) is 0. The lowest BCUT2D eigenvalue weighted by molar-refractivity contribution is 0.0993. The van der Waals surface area contributed by atoms with Gasteiger partial charge in [-0.05, 0) is 38.8 Å². The molecule has 0 amide bonds. The Morgan fingerprint density at radius 3 is 2.78 bits per heavy atom. The summed E-state index contributed by atoms with van der Waals surface area (Å²) in [6.07, 6.45) is 3.19. The van der Waals surface area contributed by atoms with Gasteiger partial charge >= 0.3 is 0 Å². The lowest BCUT2D eigenvalue weighted by atomic mass is 9.98. The summed E-state index contributed by atoms with van der Waals surface area (Å²) in [5, 5.41) is 14.8. The number of anilines is 1. The van der Waals surface area contributed by atoms with Crippen LogP contribution in [0.5, 0.6) is 0 Å². The first-order valence-electron chi connectivity index (χ1n) is 13.8. The molecule has 3 atom stereocenters. The highest BCUT2D eigenvalue weighted by molar-refractivity contribution is 7.18. The van der Waals surface area contributed by atoms with E-state index in [1.165, 1.54) is 16.9 Å². The van der Waals surface area contributed by atoms with Gasteiger partial charge in [0.05, 0.1) is 34.2 Å². The van der Waals surface area contributed by atoms with Gasteiger partial charge in [-0.25, -0.2) is 9.97 Å². The van der Waals surface area contributed by atoms with Crippen molar-refractivity contribution < 1.29 is 4.11 Å². The molecular weight excluding hydrogens is 472 g/mol. The second-order valence-corrected chi connectivity index (χ2v) is 10.5. The van der Waals surface area contributed by atoms with Crippen LogP contribution in [0.15, 0.2) is 29.2 Å². The third-order valence-corrected chi connectivity index (χ3v) is 8.12. The lowest BCUT2D eigenvalue weighted by Crippen LogP contribution is -2.58. The molecule has 1 aliphatic rings. The van der Waals surface area contributed by atoms with Gasteiger partial charge in [-0.3, -0.25) is 14.4 Å². The Hall–Kier alpha value is -3.29. The molecule has 4 aromatic rings. The Bertz CT molecular complexity index is 1620. The summed E-state index contributed by atoms with van der Waals surface area (Å²) >= 11 is 1.60. The predicted octanol–water partition coefficient (Wildman–Crippen LogP) is 4.01. The molecule has 5 rings (SSSR count). The molecule has 36 heavy (non-hydrogen) atoms. The minimum atomic E-state index is -2.66. The predicted molar refractivity (Wildman–Crippen MR) is 143 cm³/mol. The third kappa shape index (κ3) is 4.16. The van der Waals surface area contributed by atoms with Gasteiger partial charge < -0.3 is 9.47 Å². The van der Waals surface area contributed by atoms with Crippen molar-refractivity contribution in [1.29, 1.82) is 5.26 Å². The number of pyridine rings is 2. The molecule has 0 N–H and O–H groups in total. The van der Waals surface area contributed by atoms with Crippen LogP contribution < -0.4 is 10.5 Å². The zero-order valence-electron chi connectivity index (χ0n) is 24.0. The molecule has 5 heterocycles. The molecule has 0 aromatic carbocycles. The summed E-state index contributed by atoms with van der Waals surface area (Å²) in [4.78, 5) is 28.3. The average molecular weight is 508 g/mol. The van der Waals surface area contributed by atoms with Crippen LogP contribution in [0.1, 0.15) is 54.5 Å². The zero-order valence-corrected chi connectivity index (χ0v) is 21.8. The van der Waals surface area contributed by atoms with Crippen molar-refractivity contribution in [2.24, 2.45) is 6.98 Å². The van der Waals surface area contributed by atoms with Gasteiger partial charge in [-0.2, -0.15) is 10.4 Å². The molecule has 1 saturated heterocycles. The Balaban J connectivity index is 1.54. The Kier molecular flexibility index (Phi) is 5.58. The topological polar surface area (TPSA) is 95.9 Å². The zero-order chi connectivity index (χ0) is 28.1. The molecule has 0 unspecified atom stereocenters. The summed E-state index contributed by atoms with van der Waals surface area (Å²) < 4.78 is 26.0. The largest absolute Gasteiger partial charge is 0.364 e. The molecule has 1 aliphatic heterocycles. The SMILES string of the molecule is [2H]C([2H])([2H])n1c(=O)cc(N2C[C@@H](CC)N([C@@H](C)c3ccc4nc(C)sc4n3)C[C@@H]2CC)c2nn(CC#N)cc21. The van der Waals surface area contributed by atoms with Crippen molar-refractivity contribution in [3.63, 3.8) is 0 Å². The summed E-state index contributed by atoms with van der Waals surface area (Å²) in [5.41, 5.74) is 2.57. The van der Waals surface area contributed by atoms with Gasteiger partial charge in [0.2, 0.25) is 0 Å². The molecule has 10 heteroatoms. The number of nitrogens with zero attached hydrogens (tertiary/aromatic N) is 8. The van der Waals surface area contributed by atoms with E-state index in [9.17, 15) is 10.1 Å². The Morgan fingerprint density at radius 2 is 2.06 bits per heavy atom. The van der Waals surface area contributed by atoms with Gasteiger partial charge in [0.1, 0.15) is 22.4 Å². The number of hydrogen-bond acceptors (Lipinski definition) is 8. The van der Waals surface area contributed by atoms with Crippen LogP contribution in [-0.4, -0.2) is 54.4 Å². The quantitative estimate of drug-likeness (QED) is 0.389. The maximum Gasteiger partial charge on any atom is 0.252 e. The van der Waals surface area contributed by atoms with E-state index in [-0.39, 0.29) is 30.2 Å². The number of nitriles is 1. The minimum Gasteiger partial charge on any atom is -0.364 e. The fourth-order valence-electron chi connectivity index (χ4n) is 5.29. The number of fused-ring (bicyclic) bond motifs is 2. The normalized spacial score (nSPS) is 21.3. The maximum atomic E-state index is 13.2. The summed E-state index contributed by atoms with van der Waals surface area (Å²) in [7, 11) is 0. The van der Waals surface area contributed by atoms with E-state index in [0.717, 1.165) is 45.0 Å². The summed E-state index contributed by atoms with van der Waals surface area (Å²) in [6.45, 7) is 7.15. The first-order valence-corrected chi connectivity index (χ1v) is 13.1. The third-order valence-electron chi connectivity index (χ3n) is 7.24. The van der Waals surface area contributed by atoms with Crippen LogP contribution in [0.4, 0.5) is 5.69 Å². The Labute approximate surface area is 218 Å². The number of thiazole rings is 1. The highest BCUT2D eigenvalue weighted by Gasteiger charge is 2.36. The molecular formula is C26H32N8OS. The average Bonchev–Trinajstić information content (AvgIpc) is 3.47. The van der Waals surface area contributed by atoms with E-state index in [1.807, 2.05) is 19.1 Å². The number of rotatable bonds is 6. The molecule has 1 fully saturated rings. The molecule has 9 nitrogen and oxygen atoms in total. The van der Waals surface area contributed by atoms with E-state index in [4.69, 9.17) is 9.10 Å². The minimum absolute atomic E-state index is 0.0416. The molecule has 4 aromatic heterocycles. The van der Waals surface area contributed by atoms with E-state index in [1.54, 1.807) is 11.3 Å². The standard InChI is InChI=1S/C26H32N8OS/c1-6-18-14-34(22-12-24(35)31(5)23-15-32(11-10-27)30-25(22)23)19(7-2)13-33(18)16(3)20-8-9-21-26(29-20)36-17(4)28-21/h8-9,12,15-16,18-19H,6-7,11,13-14H2,1-5H3/t16-,18+,19-/m0/s1/i5D3. The van der Waals surface area contributed by atoms with Gasteiger partial charge in [0.25, 0.3) is 5.56 Å². The summed E-state index contributed by atoms with van der Waals surface area (Å²) in [6, 6.07) is 7.86. The van der Waals surface area contributed by atoms with E-state index >= 15 is 0 Å². The fraction of sp³-hybridized carbons (Fsp3) is 0.500. The number of aryl methyl sites for hydroxylation is 2. The lowest BCUT2D eigenvalue weighted by Gasteiger charge is -2.49. The monoisotopic (exact) mass is 507 g/mol. The van der Waals surface area contributed by atoms with Crippen LogP contribution in [-0.2, 0) is 13.5 Å². The molecule has 0 saturated carbocycles. The number of aromatic nitrogens is 5. The highest BCUT2D eigenvalue weighted by atomic mass is 32.1. The van der Waals surface area contributed by atoms with Gasteiger partial charge in [0, 0.05) is 48.4 Å². The molecule has 0 radical (unpaired) electrons. The first-order chi connectivity index (χ1) is 18.5. The molecule has 188 valence electrons. The van der Waals surface area contributed by atoms with Crippen molar-refractivity contribution in [2.75, 3.05) is 18.0 Å². The molecule has 0 bridgehead atoms. The van der Waals surface area contributed by atoms with Crippen LogP contribution in [0.2, 0.25) is 0 Å². The van der Waals surface area contributed by atoms with Crippen molar-refractivity contribution in [3.8, 4) is 6.07 Å². The van der Waals surface area contributed by atoms with Crippen LogP contribution >= 0.6 is 11.3 Å². The Morgan fingerprint density at radius 1 is 1.25 bits per heavy atom. The second-order valence-electron chi connectivity index (χ2n) is 9.36. The van der Waals surface area contributed by atoms with Crippen LogP contribution in [0, 0.1) is 18.3 Å². The van der Waals surface area contributed by atoms with Gasteiger partial charge in [-0.15, -0.1) is 0 Å². The fourth-order valence-corrected chi connectivity index (χ4v) is 6.09. The van der Waals surface area contributed by atoms with Crippen molar-refractivity contribution >= 4 is 38.4 Å². The second kappa shape index (κ2) is 9.64. The van der Waals surface area contributed by atoms with Crippen LogP contribution in [0.3, 0.4) is 0 Å². The van der Waals surface area contributed by atoms with Gasteiger partial charge in [0.15, 0.2) is 0 Å². The van der Waals surface area contributed by atoms with Crippen LogP contribution in [0.25, 0.3) is 21.4 Å². The van der Waals surface area contributed by atoms with E-state index in [0.29, 0.717) is 17.7 Å². The van der Waals surface area contributed by atoms with Crippen molar-refractivity contribution in [1.82, 2.24) is 29.2 Å². The van der Waals surface area contributed by atoms with E-state index in [2.05, 4.69) is 46.7 Å². The molecule has 0 aliphatic carbocycles. The van der Waals surface area contributed by atoms with E-state index < -0.39 is 12.5 Å². The number of hydrogen-bond donors (Lipinski definition) is 0. The maximum absolute atomic E-state index is 13.2. The smallest absolute Gasteiger partial charge is 0.252 e. The van der Waals surface area contributed by atoms with Crippen molar-refractivity contribution in [3.05, 3.63) is 45.5 Å². The molecule has 0 spiro atoms. The van der Waals surface area contributed by atoms with Gasteiger partial charge in [-0.1, -0.05) is 25.2 Å². The number of piperazine rings is 1. The first kappa shape index (κ1) is 20.9. The van der Waals surface area contributed by atoms with Crippen molar-refractivity contribution in [2.45, 2.75) is 65.2 Å².